The highest BCUT2D eigenvalue weighted by Gasteiger charge is 2.19. The second-order valence-corrected chi connectivity index (χ2v) is 5.49. The van der Waals surface area contributed by atoms with Gasteiger partial charge >= 0.3 is 0 Å². The average molecular weight is 240 g/mol. The predicted octanol–water partition coefficient (Wildman–Crippen LogP) is 4.23. The zero-order valence-corrected chi connectivity index (χ0v) is 10.9. The maximum absolute atomic E-state index is 4.49. The summed E-state index contributed by atoms with van der Waals surface area (Å²) in [5.41, 5.74) is 2.20. The molecule has 2 heteroatoms. The number of rotatable bonds is 4. The Balaban J connectivity index is 1.69. The summed E-state index contributed by atoms with van der Waals surface area (Å²) in [6.07, 6.45) is 7.49. The van der Waals surface area contributed by atoms with E-state index in [0.29, 0.717) is 6.04 Å². The number of fused-ring (bicyclic) bond motifs is 1. The molecule has 1 aliphatic carbocycles. The zero-order chi connectivity index (χ0) is 12.4. The normalized spacial score (nSPS) is 17.4. The van der Waals surface area contributed by atoms with Crippen LogP contribution in [0.3, 0.4) is 0 Å². The Morgan fingerprint density at radius 3 is 2.94 bits per heavy atom. The highest BCUT2D eigenvalue weighted by molar-refractivity contribution is 5.81. The third-order valence-electron chi connectivity index (χ3n) is 3.92. The van der Waals surface area contributed by atoms with Crippen molar-refractivity contribution in [3.63, 3.8) is 0 Å². The molecule has 0 saturated heterocycles. The molecule has 0 bridgehead atoms. The van der Waals surface area contributed by atoms with Crippen LogP contribution in [-0.2, 0) is 0 Å². The number of para-hydroxylation sites is 1. The molecule has 0 amide bonds. The number of pyridine rings is 1. The number of aromatic nitrogens is 1. The van der Waals surface area contributed by atoms with E-state index in [1.54, 1.807) is 0 Å². The van der Waals surface area contributed by atoms with Gasteiger partial charge in [-0.15, -0.1) is 0 Å². The van der Waals surface area contributed by atoms with Gasteiger partial charge in [0.2, 0.25) is 0 Å². The van der Waals surface area contributed by atoms with Crippen LogP contribution in [0.25, 0.3) is 10.9 Å². The molecule has 1 N–H and O–H groups in total. The Hall–Kier alpha value is -1.57. The van der Waals surface area contributed by atoms with Gasteiger partial charge < -0.3 is 5.32 Å². The lowest BCUT2D eigenvalue weighted by atomic mass is 9.81. The Labute approximate surface area is 108 Å². The standard InChI is InChI=1S/C16H20N2/c1-12(9-13-5-4-6-13)18-15-10-14-7-2-3-8-16(14)17-11-15/h2-3,7-8,10-13,18H,4-6,9H2,1H3. The van der Waals surface area contributed by atoms with Crippen molar-refractivity contribution in [3.8, 4) is 0 Å². The number of hydrogen-bond donors (Lipinski definition) is 1. The summed E-state index contributed by atoms with van der Waals surface area (Å²) < 4.78 is 0. The molecule has 2 aromatic rings. The number of hydrogen-bond acceptors (Lipinski definition) is 2. The summed E-state index contributed by atoms with van der Waals surface area (Å²) in [7, 11) is 0. The Morgan fingerprint density at radius 2 is 2.17 bits per heavy atom. The van der Waals surface area contributed by atoms with E-state index in [1.165, 1.54) is 31.1 Å². The summed E-state index contributed by atoms with van der Waals surface area (Å²) >= 11 is 0. The number of anilines is 1. The monoisotopic (exact) mass is 240 g/mol. The van der Waals surface area contributed by atoms with Crippen molar-refractivity contribution in [1.29, 1.82) is 0 Å². The smallest absolute Gasteiger partial charge is 0.0703 e. The molecule has 1 aliphatic rings. The molecular weight excluding hydrogens is 220 g/mol. The van der Waals surface area contributed by atoms with Crippen molar-refractivity contribution in [2.45, 2.75) is 38.6 Å². The Bertz CT molecular complexity index is 531. The summed E-state index contributed by atoms with van der Waals surface area (Å²) in [4.78, 5) is 4.49. The summed E-state index contributed by atoms with van der Waals surface area (Å²) in [6, 6.07) is 11.0. The minimum Gasteiger partial charge on any atom is -0.381 e. The molecule has 2 nitrogen and oxygen atoms in total. The van der Waals surface area contributed by atoms with Crippen molar-refractivity contribution in [2.24, 2.45) is 5.92 Å². The van der Waals surface area contributed by atoms with Crippen LogP contribution >= 0.6 is 0 Å². The van der Waals surface area contributed by atoms with Crippen LogP contribution in [0.2, 0.25) is 0 Å². The number of nitrogens with one attached hydrogen (secondary N) is 1. The van der Waals surface area contributed by atoms with E-state index >= 15 is 0 Å². The van der Waals surface area contributed by atoms with Gasteiger partial charge in [-0.25, -0.2) is 0 Å². The quantitative estimate of drug-likeness (QED) is 0.865. The van der Waals surface area contributed by atoms with Gasteiger partial charge in [-0.1, -0.05) is 37.5 Å². The van der Waals surface area contributed by atoms with E-state index in [-0.39, 0.29) is 0 Å². The van der Waals surface area contributed by atoms with E-state index in [1.807, 2.05) is 12.3 Å². The van der Waals surface area contributed by atoms with Crippen molar-refractivity contribution in [2.75, 3.05) is 5.32 Å². The second kappa shape index (κ2) is 4.97. The van der Waals surface area contributed by atoms with Crippen LogP contribution in [0, 0.1) is 5.92 Å². The van der Waals surface area contributed by atoms with Crippen LogP contribution in [-0.4, -0.2) is 11.0 Å². The topological polar surface area (TPSA) is 24.9 Å². The molecule has 3 rings (SSSR count). The first kappa shape index (κ1) is 11.5. The Kier molecular flexibility index (Phi) is 3.18. The minimum atomic E-state index is 0.540. The molecule has 0 aliphatic heterocycles. The second-order valence-electron chi connectivity index (χ2n) is 5.49. The molecule has 1 saturated carbocycles. The molecule has 1 fully saturated rings. The van der Waals surface area contributed by atoms with Crippen LogP contribution in [0.5, 0.6) is 0 Å². The van der Waals surface area contributed by atoms with Crippen molar-refractivity contribution >= 4 is 16.6 Å². The third kappa shape index (κ3) is 2.47. The molecule has 1 unspecified atom stereocenters. The molecule has 0 radical (unpaired) electrons. The highest BCUT2D eigenvalue weighted by Crippen LogP contribution is 2.31. The minimum absolute atomic E-state index is 0.540. The lowest BCUT2D eigenvalue weighted by molar-refractivity contribution is 0.286. The maximum Gasteiger partial charge on any atom is 0.0703 e. The molecule has 0 spiro atoms. The van der Waals surface area contributed by atoms with Gasteiger partial charge in [-0.3, -0.25) is 4.98 Å². The summed E-state index contributed by atoms with van der Waals surface area (Å²) in [5, 5.41) is 4.78. The maximum atomic E-state index is 4.49. The van der Waals surface area contributed by atoms with Crippen molar-refractivity contribution in [3.05, 3.63) is 36.5 Å². The van der Waals surface area contributed by atoms with Gasteiger partial charge in [-0.2, -0.15) is 0 Å². The van der Waals surface area contributed by atoms with Crippen LogP contribution < -0.4 is 5.32 Å². The van der Waals surface area contributed by atoms with E-state index in [0.717, 1.165) is 17.1 Å². The molecule has 18 heavy (non-hydrogen) atoms. The molecular formula is C16H20N2. The van der Waals surface area contributed by atoms with Crippen molar-refractivity contribution < 1.29 is 0 Å². The van der Waals surface area contributed by atoms with Gasteiger partial charge in [0, 0.05) is 11.4 Å². The van der Waals surface area contributed by atoms with Gasteiger partial charge in [0.1, 0.15) is 0 Å². The van der Waals surface area contributed by atoms with Gasteiger partial charge in [-0.05, 0) is 31.4 Å². The average Bonchev–Trinajstić information content (AvgIpc) is 2.34. The fourth-order valence-electron chi connectivity index (χ4n) is 2.72. The lowest BCUT2D eigenvalue weighted by Crippen LogP contribution is -2.23. The number of nitrogens with zero attached hydrogens (tertiary/aromatic N) is 1. The van der Waals surface area contributed by atoms with E-state index in [4.69, 9.17) is 0 Å². The first-order valence-electron chi connectivity index (χ1n) is 6.92. The number of benzene rings is 1. The van der Waals surface area contributed by atoms with Crippen molar-refractivity contribution in [1.82, 2.24) is 4.98 Å². The molecule has 1 heterocycles. The zero-order valence-electron chi connectivity index (χ0n) is 10.9. The fourth-order valence-corrected chi connectivity index (χ4v) is 2.72. The summed E-state index contributed by atoms with van der Waals surface area (Å²) in [6.45, 7) is 2.27. The van der Waals surface area contributed by atoms with Gasteiger partial charge in [0.05, 0.1) is 17.4 Å². The van der Waals surface area contributed by atoms with Crippen LogP contribution in [0.4, 0.5) is 5.69 Å². The largest absolute Gasteiger partial charge is 0.381 e. The molecule has 94 valence electrons. The Morgan fingerprint density at radius 1 is 1.33 bits per heavy atom. The molecule has 1 aromatic carbocycles. The lowest BCUT2D eigenvalue weighted by Gasteiger charge is -2.28. The van der Waals surface area contributed by atoms with Gasteiger partial charge in [0.15, 0.2) is 0 Å². The van der Waals surface area contributed by atoms with E-state index < -0.39 is 0 Å². The first-order chi connectivity index (χ1) is 8.81. The SMILES string of the molecule is CC(CC1CCC1)Nc1cnc2ccccc2c1. The van der Waals surface area contributed by atoms with Gasteiger partial charge in [0.25, 0.3) is 0 Å². The van der Waals surface area contributed by atoms with Crippen LogP contribution in [0.15, 0.2) is 36.5 Å². The van der Waals surface area contributed by atoms with E-state index in [9.17, 15) is 0 Å². The summed E-state index contributed by atoms with van der Waals surface area (Å²) in [5.74, 6) is 0.945. The predicted molar refractivity (Wildman–Crippen MR) is 76.8 cm³/mol. The molecule has 1 aromatic heterocycles. The van der Waals surface area contributed by atoms with E-state index in [2.05, 4.69) is 41.5 Å². The highest BCUT2D eigenvalue weighted by atomic mass is 14.9. The third-order valence-corrected chi connectivity index (χ3v) is 3.92. The fraction of sp³-hybridized carbons (Fsp3) is 0.438. The first-order valence-corrected chi connectivity index (χ1v) is 6.92. The molecule has 1 atom stereocenters. The van der Waals surface area contributed by atoms with Crippen LogP contribution in [0.1, 0.15) is 32.6 Å².